The van der Waals surface area contributed by atoms with Crippen molar-refractivity contribution in [1.29, 1.82) is 0 Å². The second kappa shape index (κ2) is 10.9. The first-order valence-electron chi connectivity index (χ1n) is 12.2. The first-order valence-corrected chi connectivity index (χ1v) is 13.1. The number of likely N-dealkylation sites (N-methyl/N-ethyl adjacent to an activating group) is 1. The highest BCUT2D eigenvalue weighted by atomic mass is 32.1. The average Bonchev–Trinajstić information content (AvgIpc) is 3.69. The molecule has 0 aromatic carbocycles. The minimum Gasteiger partial charge on any atom is -0.350 e. The molecule has 3 N–H and O–H groups in total. The number of nitrogens with one attached hydrogen (secondary N) is 3. The molecule has 5 heterocycles. The monoisotopic (exact) mass is 515 g/mol. The third-order valence-corrected chi connectivity index (χ3v) is 7.14. The van der Waals surface area contributed by atoms with Crippen LogP contribution in [0.3, 0.4) is 0 Å². The lowest BCUT2D eigenvalue weighted by atomic mass is 10.1. The predicted octanol–water partition coefficient (Wildman–Crippen LogP) is 4.45. The Balaban J connectivity index is 1.50. The number of amides is 1. The molecule has 37 heavy (non-hydrogen) atoms. The second-order valence-electron chi connectivity index (χ2n) is 8.59. The maximum atomic E-state index is 13.3. The van der Waals surface area contributed by atoms with Gasteiger partial charge in [-0.15, -0.1) is 11.3 Å². The summed E-state index contributed by atoms with van der Waals surface area (Å²) in [4.78, 5) is 33.5. The minimum atomic E-state index is -0.172. The molecule has 10 nitrogen and oxygen atoms in total. The number of thiophene rings is 1. The number of aromatic amines is 1. The highest BCUT2D eigenvalue weighted by Crippen LogP contribution is 2.28. The van der Waals surface area contributed by atoms with E-state index in [0.717, 1.165) is 29.2 Å². The molecule has 0 fully saturated rings. The summed E-state index contributed by atoms with van der Waals surface area (Å²) in [5, 5.41) is 12.7. The van der Waals surface area contributed by atoms with Gasteiger partial charge in [0.2, 0.25) is 5.95 Å². The molecular weight excluding hydrogens is 486 g/mol. The fourth-order valence-electron chi connectivity index (χ4n) is 4.25. The summed E-state index contributed by atoms with van der Waals surface area (Å²) >= 11 is 1.63. The predicted molar refractivity (Wildman–Crippen MR) is 146 cm³/mol. The molecule has 5 aromatic rings. The first kappa shape index (κ1) is 24.6. The number of imidazole rings is 1. The van der Waals surface area contributed by atoms with Crippen LogP contribution in [0.15, 0.2) is 60.5 Å². The van der Waals surface area contributed by atoms with Crippen molar-refractivity contribution in [2.75, 3.05) is 25.0 Å². The molecule has 0 radical (unpaired) electrons. The molecule has 1 atom stereocenters. The van der Waals surface area contributed by atoms with Gasteiger partial charge in [0.15, 0.2) is 5.65 Å². The molecular formula is C26H29N9OS. The highest BCUT2D eigenvalue weighted by Gasteiger charge is 2.18. The number of rotatable bonds is 10. The van der Waals surface area contributed by atoms with Gasteiger partial charge in [0.25, 0.3) is 5.91 Å². The highest BCUT2D eigenvalue weighted by molar-refractivity contribution is 7.13. The van der Waals surface area contributed by atoms with Crippen LogP contribution in [-0.2, 0) is 0 Å². The fourth-order valence-corrected chi connectivity index (χ4v) is 4.94. The molecule has 0 spiro atoms. The number of hydrogen-bond acceptors (Lipinski definition) is 8. The molecule has 0 aliphatic rings. The summed E-state index contributed by atoms with van der Waals surface area (Å²) in [6.07, 6.45) is 6.98. The number of anilines is 2. The largest absolute Gasteiger partial charge is 0.350 e. The van der Waals surface area contributed by atoms with Crippen LogP contribution < -0.4 is 10.6 Å². The number of aromatic nitrogens is 6. The zero-order valence-electron chi connectivity index (χ0n) is 21.0. The molecule has 5 rings (SSSR count). The standard InChI is InChI=1S/C26H29N9OS/c1-4-34(5-2)17(3)15-29-25(36)18-13-21(31-23(14-18)33-26-27-9-10-28-26)19-16-30-35-11-8-20(32-24(19)35)22-7-6-12-37-22/h6-14,16-17H,4-5,15H2,1-3H3,(H,29,36)(H2,27,28,31,33)/t17-/m0/s1. The summed E-state index contributed by atoms with van der Waals surface area (Å²) in [5.41, 5.74) is 3.32. The Morgan fingerprint density at radius 1 is 1.19 bits per heavy atom. The summed E-state index contributed by atoms with van der Waals surface area (Å²) in [7, 11) is 0. The Kier molecular flexibility index (Phi) is 7.24. The number of pyridine rings is 1. The third-order valence-electron chi connectivity index (χ3n) is 6.24. The molecule has 0 bridgehead atoms. The van der Waals surface area contributed by atoms with Crippen LogP contribution in [0.4, 0.5) is 11.8 Å². The van der Waals surface area contributed by atoms with E-state index >= 15 is 0 Å². The number of carbonyl (C=O) groups is 1. The normalized spacial score (nSPS) is 12.2. The lowest BCUT2D eigenvalue weighted by Gasteiger charge is -2.26. The number of hydrogen-bond donors (Lipinski definition) is 3. The molecule has 190 valence electrons. The van der Waals surface area contributed by atoms with Crippen molar-refractivity contribution in [3.05, 3.63) is 66.1 Å². The Morgan fingerprint density at radius 2 is 2.05 bits per heavy atom. The molecule has 1 amide bonds. The van der Waals surface area contributed by atoms with Gasteiger partial charge in [-0.1, -0.05) is 19.9 Å². The van der Waals surface area contributed by atoms with Gasteiger partial charge in [-0.25, -0.2) is 19.5 Å². The van der Waals surface area contributed by atoms with E-state index in [1.807, 2.05) is 29.8 Å². The topological polar surface area (TPSA) is 116 Å². The van der Waals surface area contributed by atoms with Gasteiger partial charge in [-0.2, -0.15) is 5.10 Å². The van der Waals surface area contributed by atoms with E-state index in [9.17, 15) is 4.79 Å². The summed E-state index contributed by atoms with van der Waals surface area (Å²) in [6, 6.07) is 9.70. The fraction of sp³-hybridized carbons (Fsp3) is 0.269. The van der Waals surface area contributed by atoms with Crippen LogP contribution in [0.2, 0.25) is 0 Å². The van der Waals surface area contributed by atoms with Crippen LogP contribution in [-0.4, -0.2) is 66.0 Å². The molecule has 0 aliphatic heterocycles. The van der Waals surface area contributed by atoms with Gasteiger partial charge in [0.1, 0.15) is 5.82 Å². The molecule has 0 saturated carbocycles. The molecule has 0 saturated heterocycles. The lowest BCUT2D eigenvalue weighted by molar-refractivity contribution is 0.0938. The van der Waals surface area contributed by atoms with Gasteiger partial charge in [0.05, 0.1) is 28.0 Å². The molecule has 0 aliphatic carbocycles. The van der Waals surface area contributed by atoms with Crippen LogP contribution >= 0.6 is 11.3 Å². The summed E-state index contributed by atoms with van der Waals surface area (Å²) < 4.78 is 1.71. The molecule has 0 unspecified atom stereocenters. The maximum Gasteiger partial charge on any atom is 0.251 e. The Labute approximate surface area is 218 Å². The SMILES string of the molecule is CCN(CC)[C@@H](C)CNC(=O)c1cc(Nc2ncc[nH]2)nc(-c2cnn3ccc(-c4cccs4)nc23)c1. The van der Waals surface area contributed by atoms with Crippen molar-refractivity contribution in [3.8, 4) is 21.8 Å². The van der Waals surface area contributed by atoms with Gasteiger partial charge in [-0.3, -0.25) is 9.69 Å². The smallest absolute Gasteiger partial charge is 0.251 e. The molecule has 5 aromatic heterocycles. The van der Waals surface area contributed by atoms with Crippen molar-refractivity contribution in [2.24, 2.45) is 0 Å². The van der Waals surface area contributed by atoms with E-state index in [0.29, 0.717) is 35.2 Å². The van der Waals surface area contributed by atoms with E-state index in [-0.39, 0.29) is 11.9 Å². The minimum absolute atomic E-state index is 0.172. The van der Waals surface area contributed by atoms with E-state index in [1.165, 1.54) is 0 Å². The third kappa shape index (κ3) is 5.37. The van der Waals surface area contributed by atoms with E-state index in [2.05, 4.69) is 51.4 Å². The van der Waals surface area contributed by atoms with Crippen LogP contribution in [0, 0.1) is 0 Å². The van der Waals surface area contributed by atoms with Crippen molar-refractivity contribution >= 4 is 34.7 Å². The summed E-state index contributed by atoms with van der Waals surface area (Å²) in [5.74, 6) is 0.848. The van der Waals surface area contributed by atoms with E-state index in [4.69, 9.17) is 9.97 Å². The van der Waals surface area contributed by atoms with Crippen molar-refractivity contribution in [1.82, 2.24) is 39.8 Å². The maximum absolute atomic E-state index is 13.3. The van der Waals surface area contributed by atoms with Crippen LogP contribution in [0.25, 0.3) is 27.5 Å². The zero-order chi connectivity index (χ0) is 25.8. The summed E-state index contributed by atoms with van der Waals surface area (Å²) in [6.45, 7) is 8.76. The number of nitrogens with zero attached hydrogens (tertiary/aromatic N) is 6. The Hall–Kier alpha value is -4.09. The van der Waals surface area contributed by atoms with Gasteiger partial charge < -0.3 is 15.6 Å². The van der Waals surface area contributed by atoms with Crippen molar-refractivity contribution < 1.29 is 4.79 Å². The lowest BCUT2D eigenvalue weighted by Crippen LogP contribution is -2.42. The number of H-pyrrole nitrogens is 1. The van der Waals surface area contributed by atoms with Crippen LogP contribution in [0.1, 0.15) is 31.1 Å². The molecule has 11 heteroatoms. The van der Waals surface area contributed by atoms with Gasteiger partial charge >= 0.3 is 0 Å². The van der Waals surface area contributed by atoms with E-state index in [1.54, 1.807) is 46.6 Å². The Bertz CT molecular complexity index is 1470. The van der Waals surface area contributed by atoms with Crippen molar-refractivity contribution in [3.63, 3.8) is 0 Å². The van der Waals surface area contributed by atoms with Gasteiger partial charge in [0, 0.05) is 36.7 Å². The number of fused-ring (bicyclic) bond motifs is 1. The Morgan fingerprint density at radius 3 is 2.78 bits per heavy atom. The van der Waals surface area contributed by atoms with Crippen molar-refractivity contribution in [2.45, 2.75) is 26.8 Å². The first-order chi connectivity index (χ1) is 18.1. The van der Waals surface area contributed by atoms with Crippen LogP contribution in [0.5, 0.6) is 0 Å². The average molecular weight is 516 g/mol. The van der Waals surface area contributed by atoms with Gasteiger partial charge in [-0.05, 0) is 49.7 Å². The number of carbonyl (C=O) groups excluding carboxylic acids is 1. The zero-order valence-corrected chi connectivity index (χ0v) is 21.8. The second-order valence-corrected chi connectivity index (χ2v) is 9.53. The van der Waals surface area contributed by atoms with E-state index < -0.39 is 0 Å². The quantitative estimate of drug-likeness (QED) is 0.252.